The number of hydrogen-bond donors (Lipinski definition) is 2. The molecule has 0 bridgehead atoms. The minimum atomic E-state index is -0.897. The number of hydrogen-bond acceptors (Lipinski definition) is 4. The molecule has 0 saturated carbocycles. The zero-order valence-electron chi connectivity index (χ0n) is 12.6. The minimum absolute atomic E-state index is 0.135. The summed E-state index contributed by atoms with van der Waals surface area (Å²) in [6.45, 7) is 6.36. The van der Waals surface area contributed by atoms with Gasteiger partial charge in [-0.25, -0.2) is 0 Å². The summed E-state index contributed by atoms with van der Waals surface area (Å²) < 4.78 is 10.8. The van der Waals surface area contributed by atoms with Crippen LogP contribution in [0, 0.1) is 0 Å². The lowest BCUT2D eigenvalue weighted by Gasteiger charge is -2.29. The van der Waals surface area contributed by atoms with Crippen LogP contribution in [0.5, 0.6) is 5.75 Å². The SMILES string of the molecule is COCc1cccc(OCC(C)(NC(C)C)C(N)=O)c1. The lowest BCUT2D eigenvalue weighted by atomic mass is 10.0. The number of nitrogens with two attached hydrogens (primary N) is 1. The molecule has 1 unspecified atom stereocenters. The third kappa shape index (κ3) is 4.83. The average Bonchev–Trinajstić information content (AvgIpc) is 2.36. The van der Waals surface area contributed by atoms with Crippen molar-refractivity contribution in [2.75, 3.05) is 13.7 Å². The number of amides is 1. The van der Waals surface area contributed by atoms with Crippen LogP contribution in [0.4, 0.5) is 0 Å². The van der Waals surface area contributed by atoms with Gasteiger partial charge in [0, 0.05) is 13.2 Å². The Labute approximate surface area is 120 Å². The van der Waals surface area contributed by atoms with Crippen molar-refractivity contribution in [3.05, 3.63) is 29.8 Å². The van der Waals surface area contributed by atoms with Crippen LogP contribution in [-0.2, 0) is 16.1 Å². The van der Waals surface area contributed by atoms with Crippen LogP contribution in [0.1, 0.15) is 26.3 Å². The zero-order valence-corrected chi connectivity index (χ0v) is 12.6. The summed E-state index contributed by atoms with van der Waals surface area (Å²) in [6.07, 6.45) is 0. The first-order chi connectivity index (χ1) is 9.37. The van der Waals surface area contributed by atoms with E-state index in [9.17, 15) is 4.79 Å². The molecular formula is C15H24N2O3. The quantitative estimate of drug-likeness (QED) is 0.756. The Morgan fingerprint density at radius 3 is 2.70 bits per heavy atom. The van der Waals surface area contributed by atoms with E-state index in [1.54, 1.807) is 14.0 Å². The topological polar surface area (TPSA) is 73.6 Å². The Balaban J connectivity index is 2.72. The lowest BCUT2D eigenvalue weighted by Crippen LogP contribution is -2.59. The summed E-state index contributed by atoms with van der Waals surface area (Å²) >= 11 is 0. The molecule has 0 fully saturated rings. The number of carbonyl (C=O) groups is 1. The van der Waals surface area contributed by atoms with Crippen LogP contribution in [0.25, 0.3) is 0 Å². The minimum Gasteiger partial charge on any atom is -0.491 e. The maximum atomic E-state index is 11.6. The van der Waals surface area contributed by atoms with E-state index in [0.717, 1.165) is 5.56 Å². The van der Waals surface area contributed by atoms with Crippen molar-refractivity contribution in [1.82, 2.24) is 5.32 Å². The van der Waals surface area contributed by atoms with Gasteiger partial charge >= 0.3 is 0 Å². The number of rotatable bonds is 8. The van der Waals surface area contributed by atoms with E-state index in [1.165, 1.54) is 0 Å². The molecule has 0 heterocycles. The van der Waals surface area contributed by atoms with Gasteiger partial charge in [-0.2, -0.15) is 0 Å². The fourth-order valence-electron chi connectivity index (χ4n) is 1.94. The Morgan fingerprint density at radius 2 is 2.15 bits per heavy atom. The molecule has 5 nitrogen and oxygen atoms in total. The second-order valence-corrected chi connectivity index (χ2v) is 5.36. The first-order valence-electron chi connectivity index (χ1n) is 6.65. The molecule has 1 aromatic rings. The average molecular weight is 280 g/mol. The zero-order chi connectivity index (χ0) is 15.2. The summed E-state index contributed by atoms with van der Waals surface area (Å²) in [5.41, 5.74) is 5.58. The van der Waals surface area contributed by atoms with Crippen molar-refractivity contribution < 1.29 is 14.3 Å². The van der Waals surface area contributed by atoms with Gasteiger partial charge in [-0.1, -0.05) is 12.1 Å². The predicted octanol–water partition coefficient (Wildman–Crippen LogP) is 1.45. The summed E-state index contributed by atoms with van der Waals surface area (Å²) in [4.78, 5) is 11.6. The molecule has 0 aliphatic rings. The maximum Gasteiger partial charge on any atom is 0.240 e. The highest BCUT2D eigenvalue weighted by Gasteiger charge is 2.32. The number of nitrogens with one attached hydrogen (secondary N) is 1. The first-order valence-corrected chi connectivity index (χ1v) is 6.65. The molecule has 5 heteroatoms. The second kappa shape index (κ2) is 7.26. The molecule has 0 saturated heterocycles. The van der Waals surface area contributed by atoms with Gasteiger partial charge < -0.3 is 15.2 Å². The van der Waals surface area contributed by atoms with E-state index < -0.39 is 11.4 Å². The van der Waals surface area contributed by atoms with Crippen LogP contribution in [0.15, 0.2) is 24.3 Å². The van der Waals surface area contributed by atoms with Gasteiger partial charge in [0.1, 0.15) is 17.9 Å². The third-order valence-electron chi connectivity index (χ3n) is 2.89. The molecule has 1 rings (SSSR count). The van der Waals surface area contributed by atoms with Crippen molar-refractivity contribution >= 4 is 5.91 Å². The van der Waals surface area contributed by atoms with Gasteiger partial charge in [0.15, 0.2) is 0 Å². The number of methoxy groups -OCH3 is 1. The Morgan fingerprint density at radius 1 is 1.45 bits per heavy atom. The molecule has 0 spiro atoms. The molecule has 1 aromatic carbocycles. The van der Waals surface area contributed by atoms with Gasteiger partial charge in [-0.05, 0) is 38.5 Å². The smallest absolute Gasteiger partial charge is 0.240 e. The number of carbonyl (C=O) groups excluding carboxylic acids is 1. The largest absolute Gasteiger partial charge is 0.491 e. The fourth-order valence-corrected chi connectivity index (χ4v) is 1.94. The Kier molecular flexibility index (Phi) is 5.98. The first kappa shape index (κ1) is 16.5. The standard InChI is InChI=1S/C15H24N2O3/c1-11(2)17-15(3,14(16)18)10-20-13-7-5-6-12(8-13)9-19-4/h5-8,11,17H,9-10H2,1-4H3,(H2,16,18). The van der Waals surface area contributed by atoms with E-state index in [1.807, 2.05) is 38.1 Å². The van der Waals surface area contributed by atoms with Crippen molar-refractivity contribution in [2.45, 2.75) is 39.0 Å². The Hall–Kier alpha value is -1.59. The molecule has 0 radical (unpaired) electrons. The molecule has 3 N–H and O–H groups in total. The van der Waals surface area contributed by atoms with Gasteiger partial charge in [0.25, 0.3) is 0 Å². The number of ether oxygens (including phenoxy) is 2. The number of benzene rings is 1. The molecular weight excluding hydrogens is 256 g/mol. The summed E-state index contributed by atoms with van der Waals surface area (Å²) in [7, 11) is 1.64. The van der Waals surface area contributed by atoms with Crippen LogP contribution in [0.2, 0.25) is 0 Å². The summed E-state index contributed by atoms with van der Waals surface area (Å²) in [5, 5.41) is 3.14. The van der Waals surface area contributed by atoms with Crippen LogP contribution in [-0.4, -0.2) is 31.2 Å². The van der Waals surface area contributed by atoms with E-state index >= 15 is 0 Å². The second-order valence-electron chi connectivity index (χ2n) is 5.36. The molecule has 1 amide bonds. The molecule has 20 heavy (non-hydrogen) atoms. The van der Waals surface area contributed by atoms with Crippen molar-refractivity contribution in [2.24, 2.45) is 5.73 Å². The highest BCUT2D eigenvalue weighted by Crippen LogP contribution is 2.16. The van der Waals surface area contributed by atoms with E-state index in [-0.39, 0.29) is 12.6 Å². The van der Waals surface area contributed by atoms with Gasteiger partial charge in [-0.3, -0.25) is 10.1 Å². The van der Waals surface area contributed by atoms with E-state index in [0.29, 0.717) is 12.4 Å². The van der Waals surface area contributed by atoms with Crippen LogP contribution in [0.3, 0.4) is 0 Å². The molecule has 0 aliphatic carbocycles. The molecule has 0 aliphatic heterocycles. The van der Waals surface area contributed by atoms with Crippen LogP contribution >= 0.6 is 0 Å². The Bertz CT molecular complexity index is 448. The summed E-state index contributed by atoms with van der Waals surface area (Å²) in [6, 6.07) is 7.71. The highest BCUT2D eigenvalue weighted by atomic mass is 16.5. The molecule has 112 valence electrons. The van der Waals surface area contributed by atoms with Crippen molar-refractivity contribution in [1.29, 1.82) is 0 Å². The van der Waals surface area contributed by atoms with Gasteiger partial charge in [-0.15, -0.1) is 0 Å². The third-order valence-corrected chi connectivity index (χ3v) is 2.89. The van der Waals surface area contributed by atoms with Gasteiger partial charge in [0.05, 0.1) is 6.61 Å². The molecule has 1 atom stereocenters. The molecule has 0 aromatic heterocycles. The number of primary amides is 1. The maximum absolute atomic E-state index is 11.6. The van der Waals surface area contributed by atoms with Crippen molar-refractivity contribution in [3.63, 3.8) is 0 Å². The predicted molar refractivity (Wildman–Crippen MR) is 78.5 cm³/mol. The van der Waals surface area contributed by atoms with E-state index in [2.05, 4.69) is 5.32 Å². The monoisotopic (exact) mass is 280 g/mol. The lowest BCUT2D eigenvalue weighted by molar-refractivity contribution is -0.125. The van der Waals surface area contributed by atoms with Gasteiger partial charge in [0.2, 0.25) is 5.91 Å². The van der Waals surface area contributed by atoms with Crippen molar-refractivity contribution in [3.8, 4) is 5.75 Å². The summed E-state index contributed by atoms with van der Waals surface area (Å²) in [5.74, 6) is 0.261. The van der Waals surface area contributed by atoms with Crippen LogP contribution < -0.4 is 15.8 Å². The highest BCUT2D eigenvalue weighted by molar-refractivity contribution is 5.84. The fraction of sp³-hybridized carbons (Fsp3) is 0.533. The normalized spacial score (nSPS) is 14.1. The van der Waals surface area contributed by atoms with E-state index in [4.69, 9.17) is 15.2 Å².